The quantitative estimate of drug-likeness (QED) is 0.0668. The van der Waals surface area contributed by atoms with Gasteiger partial charge in [-0.25, -0.2) is 0 Å². The van der Waals surface area contributed by atoms with Gasteiger partial charge in [0.25, 0.3) is 0 Å². The maximum atomic E-state index is 10.0. The number of amides is 4. The number of nitrogens with one attached hydrogen (secondary N) is 4. The Balaban J connectivity index is -0.0000000467. The fourth-order valence-corrected chi connectivity index (χ4v) is 0.940. The van der Waals surface area contributed by atoms with Crippen LogP contribution >= 0.6 is 0 Å². The van der Waals surface area contributed by atoms with Gasteiger partial charge in [0.1, 0.15) is 0 Å². The van der Waals surface area contributed by atoms with Gasteiger partial charge in [0.05, 0.1) is 26.2 Å². The van der Waals surface area contributed by atoms with Crippen LogP contribution < -0.4 is 21.3 Å². The molecule has 0 rings (SSSR count). The van der Waals surface area contributed by atoms with Crippen molar-refractivity contribution in [2.75, 3.05) is 26.2 Å². The van der Waals surface area contributed by atoms with Crippen LogP contribution in [0.4, 0.5) is 0 Å². The number of aliphatic hydroxyl groups is 8. The molecule has 230 valence electrons. The predicted molar refractivity (Wildman–Crippen MR) is 117 cm³/mol. The van der Waals surface area contributed by atoms with Crippen LogP contribution in [0.5, 0.6) is 0 Å². The van der Waals surface area contributed by atoms with Gasteiger partial charge in [0.15, 0.2) is 25.2 Å². The van der Waals surface area contributed by atoms with Gasteiger partial charge in [-0.2, -0.15) is 0 Å². The first-order chi connectivity index (χ1) is 14.5. The second kappa shape index (κ2) is 38.1. The molecule has 0 saturated heterocycles. The molecule has 0 bridgehead atoms. The molecular formula is C16H42Cu2N4O14+2. The van der Waals surface area contributed by atoms with Crippen LogP contribution in [-0.4, -0.2) is 116 Å². The Hall–Kier alpha value is -1.48. The van der Waals surface area contributed by atoms with Gasteiger partial charge in [-0.3, -0.25) is 19.2 Å². The zero-order chi connectivity index (χ0) is 26.3. The summed E-state index contributed by atoms with van der Waals surface area (Å²) in [4.78, 5) is 40.1. The van der Waals surface area contributed by atoms with E-state index in [1.807, 2.05) is 0 Å². The summed E-state index contributed by atoms with van der Waals surface area (Å²) in [5.74, 6) is -1.06. The van der Waals surface area contributed by atoms with Crippen LogP contribution in [0.2, 0.25) is 0 Å². The maximum absolute atomic E-state index is 10.0. The topological polar surface area (TPSA) is 344 Å². The molecule has 36 heavy (non-hydrogen) atoms. The van der Waals surface area contributed by atoms with E-state index in [9.17, 15) is 19.2 Å². The van der Waals surface area contributed by atoms with Gasteiger partial charge in [-0.05, 0) is 0 Å². The summed E-state index contributed by atoms with van der Waals surface area (Å²) in [6, 6.07) is 0. The van der Waals surface area contributed by atoms with Crippen molar-refractivity contribution in [2.24, 2.45) is 0 Å². The molecule has 2 radical (unpaired) electrons. The molecule has 0 aliphatic heterocycles. The first kappa shape index (κ1) is 55.1. The molecule has 0 aromatic heterocycles. The average molecular weight is 642 g/mol. The van der Waals surface area contributed by atoms with E-state index >= 15 is 0 Å². The molecule has 0 aliphatic rings. The summed E-state index contributed by atoms with van der Waals surface area (Å²) in [6.45, 7) is 4.82. The van der Waals surface area contributed by atoms with Crippen molar-refractivity contribution in [3.05, 3.63) is 0 Å². The Bertz CT molecular complexity index is 427. The van der Waals surface area contributed by atoms with Crippen LogP contribution in [0.15, 0.2) is 0 Å². The third-order valence-corrected chi connectivity index (χ3v) is 2.13. The standard InChI is InChI=1S/4C4H9NO3.2Cu.2H2O/c4*1-3(6)5-2-4(7)8;;;;/h4*4,7-8H,2H2,1H3,(H,5,6);;;2*1H2/p+2. The Labute approximate surface area is 229 Å². The van der Waals surface area contributed by atoms with Crippen molar-refractivity contribution in [1.82, 2.24) is 21.3 Å². The van der Waals surface area contributed by atoms with Gasteiger partial charge in [-0.15, -0.1) is 0 Å². The Kier molecular flexibility index (Phi) is 58.3. The molecule has 0 atom stereocenters. The van der Waals surface area contributed by atoms with Crippen molar-refractivity contribution < 1.29 is 105 Å². The van der Waals surface area contributed by atoms with Crippen molar-refractivity contribution in [1.29, 1.82) is 0 Å². The molecule has 0 heterocycles. The van der Waals surface area contributed by atoms with Gasteiger partial charge >= 0.3 is 0 Å². The Morgan fingerprint density at radius 2 is 0.556 bits per heavy atom. The normalized spacial score (nSPS) is 8.44. The zero-order valence-electron chi connectivity index (χ0n) is 20.1. The first-order valence-corrected chi connectivity index (χ1v) is 8.93. The van der Waals surface area contributed by atoms with Crippen LogP contribution in [0.1, 0.15) is 27.7 Å². The Morgan fingerprint density at radius 1 is 0.444 bits per heavy atom. The number of aliphatic hydroxyl groups excluding tert-OH is 4. The van der Waals surface area contributed by atoms with Gasteiger partial charge in [-0.1, -0.05) is 0 Å². The first-order valence-electron chi connectivity index (χ1n) is 8.93. The van der Waals surface area contributed by atoms with E-state index in [2.05, 4.69) is 21.3 Å². The van der Waals surface area contributed by atoms with Gasteiger partial charge < -0.3 is 73.1 Å². The third-order valence-electron chi connectivity index (χ3n) is 2.13. The Morgan fingerprint density at radius 3 is 0.583 bits per heavy atom. The summed E-state index contributed by atoms with van der Waals surface area (Å²) >= 11 is 0. The van der Waals surface area contributed by atoms with E-state index in [1.54, 1.807) is 0 Å². The molecule has 0 spiro atoms. The van der Waals surface area contributed by atoms with E-state index < -0.39 is 25.2 Å². The zero-order valence-corrected chi connectivity index (χ0v) is 22.0. The van der Waals surface area contributed by atoms with Crippen molar-refractivity contribution >= 4 is 23.6 Å². The van der Waals surface area contributed by atoms with Crippen molar-refractivity contribution in [2.45, 2.75) is 52.9 Å². The largest absolute Gasteiger partial charge is 0.457 e. The number of carbonyl (C=O) groups is 4. The number of hydrogen-bond acceptors (Lipinski definition) is 12. The van der Waals surface area contributed by atoms with Crippen molar-refractivity contribution in [3.63, 3.8) is 0 Å². The molecule has 18 N–H and O–H groups in total. The fraction of sp³-hybridized carbons (Fsp3) is 0.750. The number of carbonyl (C=O) groups excluding carboxylic acids is 4. The molecule has 0 fully saturated rings. The summed E-state index contributed by atoms with van der Waals surface area (Å²) < 4.78 is 0. The summed E-state index contributed by atoms with van der Waals surface area (Å²) in [5.41, 5.74) is 0. The minimum atomic E-state index is -1.45. The van der Waals surface area contributed by atoms with Crippen LogP contribution in [0.3, 0.4) is 0 Å². The minimum Gasteiger partial charge on any atom is -0.457 e. The second-order valence-corrected chi connectivity index (χ2v) is 5.67. The van der Waals surface area contributed by atoms with Gasteiger partial charge in [0.2, 0.25) is 23.6 Å². The molecule has 0 unspecified atom stereocenters. The molecule has 4 amide bonds. The van der Waals surface area contributed by atoms with E-state index in [1.165, 1.54) is 27.7 Å². The molecule has 0 aromatic rings. The van der Waals surface area contributed by atoms with Crippen LogP contribution in [-0.2, 0) is 64.3 Å². The second-order valence-electron chi connectivity index (χ2n) is 5.67. The summed E-state index contributed by atoms with van der Waals surface area (Å²) in [5, 5.41) is 74.0. The summed E-state index contributed by atoms with van der Waals surface area (Å²) in [6.07, 6.45) is -5.78. The van der Waals surface area contributed by atoms with Crippen molar-refractivity contribution in [3.8, 4) is 0 Å². The number of rotatable bonds is 8. The molecule has 18 nitrogen and oxygen atoms in total. The smallest absolute Gasteiger partial charge is 0.217 e. The SMILES string of the molecule is CC(=O)NCC(O)O.CC(=O)NCC(O)O.CC(=O)NCC(O)O.CC(=O)NCC(O)O.[Cu].[Cu].[OH3+].[OH3+]. The van der Waals surface area contributed by atoms with Gasteiger partial charge in [0, 0.05) is 61.8 Å². The van der Waals surface area contributed by atoms with Crippen LogP contribution in [0.25, 0.3) is 0 Å². The molecule has 0 saturated carbocycles. The monoisotopic (exact) mass is 640 g/mol. The molecular weight excluding hydrogens is 599 g/mol. The third kappa shape index (κ3) is 94.2. The van der Waals surface area contributed by atoms with E-state index in [-0.39, 0.29) is 94.9 Å². The number of hydrogen-bond donors (Lipinski definition) is 12. The minimum absolute atomic E-state index is 0. The molecule has 20 heteroatoms. The average Bonchev–Trinajstić information content (AvgIpc) is 2.63. The predicted octanol–water partition coefficient (Wildman–Crippen LogP) is -8.12. The van der Waals surface area contributed by atoms with E-state index in [0.717, 1.165) is 0 Å². The molecule has 0 aliphatic carbocycles. The summed E-state index contributed by atoms with van der Waals surface area (Å²) in [7, 11) is 0. The molecule has 0 aromatic carbocycles. The van der Waals surface area contributed by atoms with Crippen LogP contribution in [0, 0.1) is 0 Å². The van der Waals surface area contributed by atoms with E-state index in [4.69, 9.17) is 40.9 Å². The van der Waals surface area contributed by atoms with E-state index in [0.29, 0.717) is 0 Å². The maximum Gasteiger partial charge on any atom is 0.217 e. The fourth-order valence-electron chi connectivity index (χ4n) is 0.940.